The third kappa shape index (κ3) is 16.1. The molecule has 2 aromatic carbocycles. The van der Waals surface area contributed by atoms with E-state index in [1.165, 1.54) is 63.5 Å². The number of rotatable bonds is 25. The maximum atomic E-state index is 13.6. The van der Waals surface area contributed by atoms with E-state index in [2.05, 4.69) is 35.6 Å². The maximum absolute atomic E-state index is 13.6. The lowest BCUT2D eigenvalue weighted by molar-refractivity contribution is -0.136. The standard InChI is InChI=1S/C42H66N4O6/c1-5-9-12-14-16-19-22-31-25-27-37(47)35(29-31)41(51)45-43-39(49)33(21-8-4)34(24-18-11-7-3)40(50)44-46-42(52)36-30-32(26-28-38(36)48)23-20-17-15-13-10-6-2/h25-30,33-34,47-48H,5-24H2,1-4H3,(H,43,49)(H,44,50)(H,45,51)(H,46,52). The highest BCUT2D eigenvalue weighted by molar-refractivity contribution is 5.99. The molecular formula is C42H66N4O6. The zero-order valence-corrected chi connectivity index (χ0v) is 32.3. The quantitative estimate of drug-likeness (QED) is 0.0445. The molecule has 0 aromatic heterocycles. The highest BCUT2D eigenvalue weighted by atomic mass is 16.3. The summed E-state index contributed by atoms with van der Waals surface area (Å²) in [4.78, 5) is 53.4. The summed E-state index contributed by atoms with van der Waals surface area (Å²) in [5.41, 5.74) is 11.9. The molecule has 0 radical (unpaired) electrons. The Morgan fingerprint density at radius 2 is 0.865 bits per heavy atom. The molecule has 2 atom stereocenters. The molecule has 10 nitrogen and oxygen atoms in total. The molecule has 290 valence electrons. The van der Waals surface area contributed by atoms with Crippen molar-refractivity contribution < 1.29 is 29.4 Å². The van der Waals surface area contributed by atoms with Crippen molar-refractivity contribution in [1.29, 1.82) is 0 Å². The summed E-state index contributed by atoms with van der Waals surface area (Å²) in [6.07, 6.45) is 19.2. The van der Waals surface area contributed by atoms with Gasteiger partial charge in [-0.15, -0.1) is 0 Å². The van der Waals surface area contributed by atoms with E-state index in [0.29, 0.717) is 25.7 Å². The monoisotopic (exact) mass is 722 g/mol. The van der Waals surface area contributed by atoms with Gasteiger partial charge in [0, 0.05) is 0 Å². The minimum Gasteiger partial charge on any atom is -0.507 e. The van der Waals surface area contributed by atoms with Crippen molar-refractivity contribution in [3.8, 4) is 11.5 Å². The first kappa shape index (κ1) is 44.1. The Morgan fingerprint density at radius 1 is 0.481 bits per heavy atom. The number of amides is 4. The van der Waals surface area contributed by atoms with E-state index >= 15 is 0 Å². The van der Waals surface area contributed by atoms with Gasteiger partial charge in [-0.1, -0.05) is 130 Å². The number of aromatic hydroxyl groups is 2. The minimum atomic E-state index is -0.791. The van der Waals surface area contributed by atoms with Crippen LogP contribution in [-0.2, 0) is 22.4 Å². The van der Waals surface area contributed by atoms with E-state index in [-0.39, 0.29) is 22.6 Å². The summed E-state index contributed by atoms with van der Waals surface area (Å²) in [5.74, 6) is -4.29. The number of carbonyl (C=O) groups is 4. The molecule has 6 N–H and O–H groups in total. The smallest absolute Gasteiger partial charge is 0.273 e. The Labute approximate surface area is 312 Å². The number of hydrogen-bond acceptors (Lipinski definition) is 6. The lowest BCUT2D eigenvalue weighted by Gasteiger charge is -2.26. The van der Waals surface area contributed by atoms with Gasteiger partial charge in [0.05, 0.1) is 23.0 Å². The average Bonchev–Trinajstić information content (AvgIpc) is 3.14. The van der Waals surface area contributed by atoms with Crippen molar-refractivity contribution >= 4 is 23.6 Å². The fourth-order valence-corrected chi connectivity index (χ4v) is 6.57. The van der Waals surface area contributed by atoms with Crippen molar-refractivity contribution in [1.82, 2.24) is 21.7 Å². The molecule has 2 aromatic rings. The number of hydrogen-bond donors (Lipinski definition) is 6. The largest absolute Gasteiger partial charge is 0.507 e. The SMILES string of the molecule is CCCCCCCCc1ccc(O)c(C(=O)NNC(=O)C(CCC)C(CCCCC)C(=O)NNC(=O)c2cc(CCCCCCCC)ccc2O)c1. The topological polar surface area (TPSA) is 157 Å². The van der Waals surface area contributed by atoms with Gasteiger partial charge in [-0.05, 0) is 73.9 Å². The fraction of sp³-hybridized carbons (Fsp3) is 0.619. The summed E-state index contributed by atoms with van der Waals surface area (Å²) in [7, 11) is 0. The summed E-state index contributed by atoms with van der Waals surface area (Å²) in [5, 5.41) is 20.9. The second-order valence-corrected chi connectivity index (χ2v) is 14.1. The van der Waals surface area contributed by atoms with Crippen LogP contribution in [0.25, 0.3) is 0 Å². The van der Waals surface area contributed by atoms with Gasteiger partial charge >= 0.3 is 0 Å². The van der Waals surface area contributed by atoms with Crippen LogP contribution in [0.3, 0.4) is 0 Å². The number of phenols is 2. The predicted molar refractivity (Wildman–Crippen MR) is 208 cm³/mol. The van der Waals surface area contributed by atoms with Crippen LogP contribution in [0.2, 0.25) is 0 Å². The summed E-state index contributed by atoms with van der Waals surface area (Å²) in [6.45, 7) is 8.33. The first-order valence-electron chi connectivity index (χ1n) is 20.0. The van der Waals surface area contributed by atoms with E-state index in [0.717, 1.165) is 62.5 Å². The molecule has 0 aliphatic carbocycles. The third-order valence-electron chi connectivity index (χ3n) is 9.73. The van der Waals surface area contributed by atoms with Gasteiger partial charge in [-0.3, -0.25) is 40.9 Å². The van der Waals surface area contributed by atoms with Gasteiger partial charge in [-0.2, -0.15) is 0 Å². The zero-order chi connectivity index (χ0) is 38.1. The summed E-state index contributed by atoms with van der Waals surface area (Å²) >= 11 is 0. The number of unbranched alkanes of at least 4 members (excludes halogenated alkanes) is 12. The van der Waals surface area contributed by atoms with E-state index in [1.54, 1.807) is 18.2 Å². The number of aryl methyl sites for hydroxylation is 2. The predicted octanol–water partition coefficient (Wildman–Crippen LogP) is 8.74. The summed E-state index contributed by atoms with van der Waals surface area (Å²) < 4.78 is 0. The lowest BCUT2D eigenvalue weighted by Crippen LogP contribution is -2.51. The normalized spacial score (nSPS) is 12.2. The molecule has 2 unspecified atom stereocenters. The van der Waals surface area contributed by atoms with E-state index < -0.39 is 35.5 Å². The Balaban J connectivity index is 2.06. The van der Waals surface area contributed by atoms with Gasteiger partial charge < -0.3 is 10.2 Å². The lowest BCUT2D eigenvalue weighted by atomic mass is 9.83. The summed E-state index contributed by atoms with van der Waals surface area (Å²) in [6, 6.07) is 9.91. The molecule has 2 rings (SSSR count). The molecule has 4 amide bonds. The van der Waals surface area contributed by atoms with Crippen LogP contribution >= 0.6 is 0 Å². The number of benzene rings is 2. The molecule has 0 saturated carbocycles. The number of nitrogens with one attached hydrogen (secondary N) is 4. The zero-order valence-electron chi connectivity index (χ0n) is 32.3. The van der Waals surface area contributed by atoms with Crippen molar-refractivity contribution in [2.75, 3.05) is 0 Å². The second-order valence-electron chi connectivity index (χ2n) is 14.1. The molecule has 0 saturated heterocycles. The molecule has 0 aliphatic rings. The molecule has 52 heavy (non-hydrogen) atoms. The number of phenolic OH excluding ortho intramolecular Hbond substituents is 2. The van der Waals surface area contributed by atoms with Crippen molar-refractivity contribution in [2.24, 2.45) is 11.8 Å². The molecule has 0 aliphatic heterocycles. The molecule has 10 heteroatoms. The van der Waals surface area contributed by atoms with E-state index in [9.17, 15) is 29.4 Å². The van der Waals surface area contributed by atoms with Gasteiger partial charge in [0.1, 0.15) is 11.5 Å². The van der Waals surface area contributed by atoms with Crippen LogP contribution in [0.15, 0.2) is 36.4 Å². The Hall–Kier alpha value is -4.08. The Kier molecular flexibility index (Phi) is 21.9. The van der Waals surface area contributed by atoms with Crippen LogP contribution in [0.5, 0.6) is 11.5 Å². The number of hydrazine groups is 2. The maximum Gasteiger partial charge on any atom is 0.273 e. The first-order chi connectivity index (χ1) is 25.2. The fourth-order valence-electron chi connectivity index (χ4n) is 6.57. The Bertz CT molecular complexity index is 1380. The van der Waals surface area contributed by atoms with Gasteiger partial charge in [0.25, 0.3) is 11.8 Å². The van der Waals surface area contributed by atoms with Crippen LogP contribution in [0.1, 0.15) is 175 Å². The van der Waals surface area contributed by atoms with Crippen LogP contribution in [-0.4, -0.2) is 33.8 Å². The van der Waals surface area contributed by atoms with Gasteiger partial charge in [0.2, 0.25) is 11.8 Å². The van der Waals surface area contributed by atoms with Gasteiger partial charge in [0.15, 0.2) is 0 Å². The molecule has 0 spiro atoms. The van der Waals surface area contributed by atoms with Crippen molar-refractivity contribution in [2.45, 2.75) is 156 Å². The molecule has 0 fully saturated rings. The van der Waals surface area contributed by atoms with Crippen molar-refractivity contribution in [3.63, 3.8) is 0 Å². The van der Waals surface area contributed by atoms with E-state index in [4.69, 9.17) is 0 Å². The highest BCUT2D eigenvalue weighted by Crippen LogP contribution is 2.26. The van der Waals surface area contributed by atoms with Crippen LogP contribution in [0, 0.1) is 11.8 Å². The van der Waals surface area contributed by atoms with Crippen molar-refractivity contribution in [3.05, 3.63) is 58.7 Å². The Morgan fingerprint density at radius 3 is 1.29 bits per heavy atom. The highest BCUT2D eigenvalue weighted by Gasteiger charge is 2.33. The molecule has 0 heterocycles. The minimum absolute atomic E-state index is 0.0649. The molecule has 0 bridgehead atoms. The second kappa shape index (κ2) is 25.8. The van der Waals surface area contributed by atoms with Crippen LogP contribution in [0.4, 0.5) is 0 Å². The third-order valence-corrected chi connectivity index (χ3v) is 9.73. The molecular weight excluding hydrogens is 656 g/mol. The van der Waals surface area contributed by atoms with E-state index in [1.807, 2.05) is 19.9 Å². The number of carbonyl (C=O) groups excluding carboxylic acids is 4. The first-order valence-corrected chi connectivity index (χ1v) is 20.0. The van der Waals surface area contributed by atoms with Crippen LogP contribution < -0.4 is 21.7 Å². The van der Waals surface area contributed by atoms with Gasteiger partial charge in [-0.25, -0.2) is 0 Å². The average molecular weight is 723 g/mol.